The van der Waals surface area contributed by atoms with Gasteiger partial charge >= 0.3 is 6.03 Å². The Morgan fingerprint density at radius 2 is 1.58 bits per heavy atom. The first-order chi connectivity index (χ1) is 11.7. The van der Waals surface area contributed by atoms with E-state index in [4.69, 9.17) is 4.74 Å². The van der Waals surface area contributed by atoms with Gasteiger partial charge in [-0.2, -0.15) is 0 Å². The van der Waals surface area contributed by atoms with Gasteiger partial charge in [0.2, 0.25) is 0 Å². The Labute approximate surface area is 142 Å². The lowest BCUT2D eigenvalue weighted by molar-refractivity contribution is 0.214. The van der Waals surface area contributed by atoms with Crippen molar-refractivity contribution in [2.75, 3.05) is 13.7 Å². The van der Waals surface area contributed by atoms with Gasteiger partial charge in [-0.05, 0) is 29.7 Å². The molecule has 24 heavy (non-hydrogen) atoms. The quantitative estimate of drug-likeness (QED) is 0.731. The van der Waals surface area contributed by atoms with Crippen LogP contribution < -0.4 is 15.4 Å². The van der Waals surface area contributed by atoms with Gasteiger partial charge in [0.1, 0.15) is 5.75 Å². The Morgan fingerprint density at radius 3 is 2.12 bits per heavy atom. The molecule has 0 aliphatic carbocycles. The third kappa shape index (κ3) is 4.73. The van der Waals surface area contributed by atoms with Crippen molar-refractivity contribution >= 4 is 6.03 Å². The lowest BCUT2D eigenvalue weighted by Crippen LogP contribution is -2.40. The normalized spacial score (nSPS) is 13.0. The SMILES string of the molecule is CCC(NC(=O)NC(CO)c1ccccc1)c1ccc(OC)cc1. The van der Waals surface area contributed by atoms with Gasteiger partial charge in [0.25, 0.3) is 0 Å². The first kappa shape index (κ1) is 17.8. The maximum absolute atomic E-state index is 12.3. The van der Waals surface area contributed by atoms with Crippen LogP contribution in [0.2, 0.25) is 0 Å². The van der Waals surface area contributed by atoms with Gasteiger partial charge in [-0.3, -0.25) is 0 Å². The van der Waals surface area contributed by atoms with Crippen LogP contribution in [0.1, 0.15) is 36.6 Å². The van der Waals surface area contributed by atoms with Crippen LogP contribution in [0.15, 0.2) is 54.6 Å². The lowest BCUT2D eigenvalue weighted by Gasteiger charge is -2.22. The highest BCUT2D eigenvalue weighted by Crippen LogP contribution is 2.20. The molecule has 2 rings (SSSR count). The minimum Gasteiger partial charge on any atom is -0.497 e. The van der Waals surface area contributed by atoms with Crippen molar-refractivity contribution in [3.63, 3.8) is 0 Å². The largest absolute Gasteiger partial charge is 0.497 e. The molecule has 5 heteroatoms. The van der Waals surface area contributed by atoms with Crippen LogP contribution in [-0.4, -0.2) is 24.9 Å². The number of rotatable bonds is 7. The minimum absolute atomic E-state index is 0.106. The van der Waals surface area contributed by atoms with Gasteiger partial charge in [0, 0.05) is 0 Å². The van der Waals surface area contributed by atoms with E-state index in [1.165, 1.54) is 0 Å². The number of carbonyl (C=O) groups excluding carboxylic acids is 1. The highest BCUT2D eigenvalue weighted by Gasteiger charge is 2.17. The molecule has 2 amide bonds. The Kier molecular flexibility index (Phi) is 6.63. The molecule has 5 nitrogen and oxygen atoms in total. The average molecular weight is 328 g/mol. The molecule has 0 saturated carbocycles. The summed E-state index contributed by atoms with van der Waals surface area (Å²) in [5.74, 6) is 0.780. The molecule has 2 aromatic carbocycles. The van der Waals surface area contributed by atoms with Gasteiger partial charge in [-0.15, -0.1) is 0 Å². The third-order valence-corrected chi connectivity index (χ3v) is 3.92. The van der Waals surface area contributed by atoms with E-state index in [9.17, 15) is 9.90 Å². The van der Waals surface area contributed by atoms with E-state index >= 15 is 0 Å². The van der Waals surface area contributed by atoms with Crippen molar-refractivity contribution in [1.29, 1.82) is 0 Å². The Hall–Kier alpha value is -2.53. The predicted octanol–water partition coefficient (Wildman–Crippen LogP) is 3.18. The number of methoxy groups -OCH3 is 1. The number of aliphatic hydroxyl groups excluding tert-OH is 1. The number of urea groups is 1. The Bertz CT molecular complexity index is 629. The molecule has 0 heterocycles. The fourth-order valence-electron chi connectivity index (χ4n) is 2.54. The summed E-state index contributed by atoms with van der Waals surface area (Å²) in [5.41, 5.74) is 1.88. The van der Waals surface area contributed by atoms with Crippen LogP contribution in [0.4, 0.5) is 4.79 Å². The van der Waals surface area contributed by atoms with E-state index in [1.807, 2.05) is 61.5 Å². The molecule has 0 fully saturated rings. The number of hydrogen-bond acceptors (Lipinski definition) is 3. The van der Waals surface area contributed by atoms with Gasteiger partial charge in [-0.1, -0.05) is 49.4 Å². The first-order valence-electron chi connectivity index (χ1n) is 8.04. The molecule has 3 N–H and O–H groups in total. The summed E-state index contributed by atoms with van der Waals surface area (Å²) in [6.45, 7) is 1.85. The van der Waals surface area contributed by atoms with Crippen molar-refractivity contribution in [1.82, 2.24) is 10.6 Å². The molecule has 2 unspecified atom stereocenters. The predicted molar refractivity (Wildman–Crippen MR) is 94.0 cm³/mol. The molecular formula is C19H24N2O3. The molecule has 128 valence electrons. The number of carbonyl (C=O) groups is 1. The summed E-state index contributed by atoms with van der Waals surface area (Å²) in [7, 11) is 1.62. The Morgan fingerprint density at radius 1 is 1.00 bits per heavy atom. The minimum atomic E-state index is -0.431. The number of ether oxygens (including phenoxy) is 1. The van der Waals surface area contributed by atoms with E-state index in [0.717, 1.165) is 23.3 Å². The molecule has 0 spiro atoms. The van der Waals surface area contributed by atoms with Gasteiger partial charge in [-0.25, -0.2) is 4.79 Å². The van der Waals surface area contributed by atoms with E-state index in [1.54, 1.807) is 7.11 Å². The molecule has 2 aromatic rings. The number of nitrogens with one attached hydrogen (secondary N) is 2. The summed E-state index contributed by atoms with van der Waals surface area (Å²) in [5, 5.41) is 15.3. The van der Waals surface area contributed by atoms with Crippen LogP contribution in [0.3, 0.4) is 0 Å². The molecule has 0 aromatic heterocycles. The molecule has 0 bridgehead atoms. The summed E-state index contributed by atoms with van der Waals surface area (Å²) in [4.78, 5) is 12.3. The fraction of sp³-hybridized carbons (Fsp3) is 0.316. The molecule has 0 saturated heterocycles. The molecule has 2 atom stereocenters. The zero-order valence-corrected chi connectivity index (χ0v) is 14.0. The number of amides is 2. The third-order valence-electron chi connectivity index (χ3n) is 3.92. The van der Waals surface area contributed by atoms with E-state index in [2.05, 4.69) is 10.6 Å². The Balaban J connectivity index is 2.00. The zero-order chi connectivity index (χ0) is 17.4. The second kappa shape index (κ2) is 8.93. The van der Waals surface area contributed by atoms with E-state index < -0.39 is 6.04 Å². The number of aliphatic hydroxyl groups is 1. The van der Waals surface area contributed by atoms with Crippen LogP contribution in [0.25, 0.3) is 0 Å². The number of benzene rings is 2. The van der Waals surface area contributed by atoms with Crippen LogP contribution >= 0.6 is 0 Å². The molecule has 0 aliphatic rings. The summed E-state index contributed by atoms with van der Waals surface area (Å²) in [6, 6.07) is 16.2. The van der Waals surface area contributed by atoms with Crippen LogP contribution in [0.5, 0.6) is 5.75 Å². The lowest BCUT2D eigenvalue weighted by atomic mass is 10.0. The van der Waals surface area contributed by atoms with Crippen molar-refractivity contribution in [3.8, 4) is 5.75 Å². The highest BCUT2D eigenvalue weighted by molar-refractivity contribution is 5.75. The van der Waals surface area contributed by atoms with Gasteiger partial charge < -0.3 is 20.5 Å². The molecular weight excluding hydrogens is 304 g/mol. The topological polar surface area (TPSA) is 70.6 Å². The summed E-state index contributed by atoms with van der Waals surface area (Å²) < 4.78 is 5.15. The molecule has 0 aliphatic heterocycles. The first-order valence-corrected chi connectivity index (χ1v) is 8.04. The zero-order valence-electron chi connectivity index (χ0n) is 14.0. The fourth-order valence-corrected chi connectivity index (χ4v) is 2.54. The van der Waals surface area contributed by atoms with Crippen LogP contribution in [0, 0.1) is 0 Å². The second-order valence-corrected chi connectivity index (χ2v) is 5.50. The van der Waals surface area contributed by atoms with E-state index in [0.29, 0.717) is 0 Å². The number of hydrogen-bond donors (Lipinski definition) is 3. The van der Waals surface area contributed by atoms with Gasteiger partial charge in [0.05, 0.1) is 25.8 Å². The maximum Gasteiger partial charge on any atom is 0.315 e. The second-order valence-electron chi connectivity index (χ2n) is 5.50. The monoisotopic (exact) mass is 328 g/mol. The van der Waals surface area contributed by atoms with Crippen molar-refractivity contribution in [2.45, 2.75) is 25.4 Å². The van der Waals surface area contributed by atoms with Crippen molar-refractivity contribution in [3.05, 3.63) is 65.7 Å². The molecule has 0 radical (unpaired) electrons. The highest BCUT2D eigenvalue weighted by atomic mass is 16.5. The maximum atomic E-state index is 12.3. The standard InChI is InChI=1S/C19H24N2O3/c1-3-17(15-9-11-16(24-2)12-10-15)20-19(23)21-18(13-22)14-7-5-4-6-8-14/h4-12,17-18,22H,3,13H2,1-2H3,(H2,20,21,23). The van der Waals surface area contributed by atoms with E-state index in [-0.39, 0.29) is 18.7 Å². The van der Waals surface area contributed by atoms with Crippen molar-refractivity contribution in [2.24, 2.45) is 0 Å². The van der Waals surface area contributed by atoms with Crippen molar-refractivity contribution < 1.29 is 14.6 Å². The van der Waals surface area contributed by atoms with Gasteiger partial charge in [0.15, 0.2) is 0 Å². The summed E-state index contributed by atoms with van der Waals surface area (Å²) in [6.07, 6.45) is 0.759. The average Bonchev–Trinajstić information content (AvgIpc) is 2.65. The smallest absolute Gasteiger partial charge is 0.315 e. The summed E-state index contributed by atoms with van der Waals surface area (Å²) >= 11 is 0. The van der Waals surface area contributed by atoms with Crippen LogP contribution in [-0.2, 0) is 0 Å².